The van der Waals surface area contributed by atoms with Gasteiger partial charge in [-0.3, -0.25) is 0 Å². The Morgan fingerprint density at radius 2 is 1.79 bits per heavy atom. The summed E-state index contributed by atoms with van der Waals surface area (Å²) in [6.07, 6.45) is 17.2. The minimum absolute atomic E-state index is 0.0766. The first kappa shape index (κ1) is 21.0. The van der Waals surface area contributed by atoms with Crippen LogP contribution in [0.5, 0.6) is 0 Å². The van der Waals surface area contributed by atoms with Crippen molar-refractivity contribution in [1.82, 2.24) is 0 Å². The SMILES string of the molecule is CC(C)CCC[C@H](C)[C@H]1CC[C@H]2[C@@H]3CC=C4C[C@H](O)CC[C@]4(C)[C@H]3CC[C@]12C. The lowest BCUT2D eigenvalue weighted by molar-refractivity contribution is -0.0573. The fourth-order valence-electron chi connectivity index (χ4n) is 8.67. The van der Waals surface area contributed by atoms with E-state index in [1.54, 1.807) is 5.57 Å². The molecule has 0 aromatic carbocycles. The van der Waals surface area contributed by atoms with Crippen molar-refractivity contribution in [2.75, 3.05) is 0 Å². The zero-order valence-electron chi connectivity index (χ0n) is 19.3. The molecule has 0 bridgehead atoms. The highest BCUT2D eigenvalue weighted by Gasteiger charge is 2.59. The number of rotatable bonds is 5. The van der Waals surface area contributed by atoms with E-state index in [0.29, 0.717) is 10.8 Å². The Hall–Kier alpha value is -0.300. The third kappa shape index (κ3) is 3.42. The molecule has 1 N–H and O–H groups in total. The van der Waals surface area contributed by atoms with Crippen molar-refractivity contribution in [2.45, 2.75) is 111 Å². The fourth-order valence-corrected chi connectivity index (χ4v) is 8.67. The maximum absolute atomic E-state index is 10.2. The molecule has 8 atom stereocenters. The van der Waals surface area contributed by atoms with Crippen LogP contribution in [0.4, 0.5) is 0 Å². The van der Waals surface area contributed by atoms with Gasteiger partial charge >= 0.3 is 0 Å². The van der Waals surface area contributed by atoms with Gasteiger partial charge in [0.1, 0.15) is 0 Å². The van der Waals surface area contributed by atoms with Crippen molar-refractivity contribution in [3.63, 3.8) is 0 Å². The van der Waals surface area contributed by atoms with Gasteiger partial charge in [-0.05, 0) is 97.7 Å². The standard InChI is InChI=1S/C27H46O/c1-18(2)7-6-8-19(3)23-11-12-24-22-10-9-20-17-21(28)13-15-26(20,4)25(22)14-16-27(23,24)5/h9,18-19,21-25,28H,6-8,10-17H2,1-5H3/t19-,21+,22-,23+,24-,25-,26-,27+/m0/s1. The van der Waals surface area contributed by atoms with Crippen LogP contribution >= 0.6 is 0 Å². The molecular weight excluding hydrogens is 340 g/mol. The third-order valence-corrected chi connectivity index (χ3v) is 10.3. The van der Waals surface area contributed by atoms with Crippen LogP contribution < -0.4 is 0 Å². The molecule has 4 rings (SSSR count). The van der Waals surface area contributed by atoms with Crippen molar-refractivity contribution < 1.29 is 5.11 Å². The summed E-state index contributed by atoms with van der Waals surface area (Å²) in [5, 5.41) is 10.2. The highest BCUT2D eigenvalue weighted by atomic mass is 16.3. The first-order valence-electron chi connectivity index (χ1n) is 12.6. The molecule has 0 aliphatic heterocycles. The average Bonchev–Trinajstić information content (AvgIpc) is 2.99. The van der Waals surface area contributed by atoms with Crippen LogP contribution in [-0.2, 0) is 0 Å². The lowest BCUT2D eigenvalue weighted by Gasteiger charge is -2.58. The van der Waals surface area contributed by atoms with Crippen molar-refractivity contribution in [3.05, 3.63) is 11.6 Å². The Morgan fingerprint density at radius 1 is 1.00 bits per heavy atom. The Kier molecular flexibility index (Phi) is 5.80. The van der Waals surface area contributed by atoms with Crippen LogP contribution in [0.2, 0.25) is 0 Å². The van der Waals surface area contributed by atoms with Crippen molar-refractivity contribution in [1.29, 1.82) is 0 Å². The zero-order valence-corrected chi connectivity index (χ0v) is 19.3. The van der Waals surface area contributed by atoms with Gasteiger partial charge in [0.25, 0.3) is 0 Å². The van der Waals surface area contributed by atoms with E-state index in [-0.39, 0.29) is 6.10 Å². The van der Waals surface area contributed by atoms with E-state index in [9.17, 15) is 5.11 Å². The normalized spacial score (nSPS) is 46.5. The monoisotopic (exact) mass is 386 g/mol. The predicted octanol–water partition coefficient (Wildman–Crippen LogP) is 7.39. The van der Waals surface area contributed by atoms with Gasteiger partial charge in [-0.1, -0.05) is 65.5 Å². The highest BCUT2D eigenvalue weighted by molar-refractivity contribution is 5.25. The van der Waals surface area contributed by atoms with Crippen LogP contribution in [0.25, 0.3) is 0 Å². The molecule has 28 heavy (non-hydrogen) atoms. The Morgan fingerprint density at radius 3 is 2.54 bits per heavy atom. The van der Waals surface area contributed by atoms with Gasteiger partial charge in [-0.2, -0.15) is 0 Å². The van der Waals surface area contributed by atoms with Gasteiger partial charge < -0.3 is 5.11 Å². The smallest absolute Gasteiger partial charge is 0.0577 e. The lowest BCUT2D eigenvalue weighted by Crippen LogP contribution is -2.50. The fraction of sp³-hybridized carbons (Fsp3) is 0.926. The Labute approximate surface area is 174 Å². The first-order chi connectivity index (χ1) is 13.3. The third-order valence-electron chi connectivity index (χ3n) is 10.3. The second-order valence-corrected chi connectivity index (χ2v) is 12.2. The van der Waals surface area contributed by atoms with Gasteiger partial charge in [0.15, 0.2) is 0 Å². The summed E-state index contributed by atoms with van der Waals surface area (Å²) in [6.45, 7) is 12.6. The van der Waals surface area contributed by atoms with Crippen LogP contribution in [-0.4, -0.2) is 11.2 Å². The molecule has 3 saturated carbocycles. The molecule has 0 aromatic heterocycles. The number of fused-ring (bicyclic) bond motifs is 5. The van der Waals surface area contributed by atoms with Gasteiger partial charge in [-0.25, -0.2) is 0 Å². The molecule has 0 unspecified atom stereocenters. The van der Waals surface area contributed by atoms with E-state index in [2.05, 4.69) is 40.7 Å². The van der Waals surface area contributed by atoms with Crippen LogP contribution in [0.3, 0.4) is 0 Å². The van der Waals surface area contributed by atoms with Crippen LogP contribution in [0.15, 0.2) is 11.6 Å². The van der Waals surface area contributed by atoms with Gasteiger partial charge in [0.2, 0.25) is 0 Å². The number of hydrogen-bond acceptors (Lipinski definition) is 1. The Bertz CT molecular complexity index is 591. The molecule has 1 nitrogen and oxygen atoms in total. The number of aliphatic hydroxyl groups excluding tert-OH is 1. The molecule has 1 heteroatoms. The summed E-state index contributed by atoms with van der Waals surface area (Å²) in [5.74, 6) is 5.46. The quantitative estimate of drug-likeness (QED) is 0.488. The molecule has 0 heterocycles. The molecule has 0 amide bonds. The van der Waals surface area contributed by atoms with Crippen molar-refractivity contribution in [3.8, 4) is 0 Å². The number of hydrogen-bond donors (Lipinski definition) is 1. The van der Waals surface area contributed by atoms with Crippen LogP contribution in [0.1, 0.15) is 105 Å². The molecule has 4 aliphatic carbocycles. The average molecular weight is 387 g/mol. The molecule has 3 fully saturated rings. The molecule has 160 valence electrons. The van der Waals surface area contributed by atoms with E-state index >= 15 is 0 Å². The summed E-state index contributed by atoms with van der Waals surface area (Å²) in [4.78, 5) is 0. The second kappa shape index (κ2) is 7.75. The van der Waals surface area contributed by atoms with E-state index in [1.165, 1.54) is 57.8 Å². The van der Waals surface area contributed by atoms with E-state index in [1.807, 2.05) is 0 Å². The zero-order chi connectivity index (χ0) is 20.1. The minimum Gasteiger partial charge on any atom is -0.393 e. The van der Waals surface area contributed by atoms with E-state index in [0.717, 1.165) is 48.3 Å². The summed E-state index contributed by atoms with van der Waals surface area (Å²) < 4.78 is 0. The molecule has 0 radical (unpaired) electrons. The van der Waals surface area contributed by atoms with Gasteiger partial charge in [0, 0.05) is 0 Å². The molecule has 0 aromatic rings. The first-order valence-corrected chi connectivity index (χ1v) is 12.6. The second-order valence-electron chi connectivity index (χ2n) is 12.2. The summed E-state index contributed by atoms with van der Waals surface area (Å²) >= 11 is 0. The largest absolute Gasteiger partial charge is 0.393 e. The summed E-state index contributed by atoms with van der Waals surface area (Å²) in [6, 6.07) is 0. The van der Waals surface area contributed by atoms with E-state index in [4.69, 9.17) is 0 Å². The maximum atomic E-state index is 10.2. The topological polar surface area (TPSA) is 20.2 Å². The number of allylic oxidation sites excluding steroid dienone is 1. The summed E-state index contributed by atoms with van der Waals surface area (Å²) in [7, 11) is 0. The summed E-state index contributed by atoms with van der Waals surface area (Å²) in [5.41, 5.74) is 2.60. The van der Waals surface area contributed by atoms with Gasteiger partial charge in [-0.15, -0.1) is 0 Å². The van der Waals surface area contributed by atoms with Gasteiger partial charge in [0.05, 0.1) is 6.10 Å². The Balaban J connectivity index is 1.49. The molecule has 0 saturated heterocycles. The minimum atomic E-state index is -0.0766. The number of aliphatic hydroxyl groups is 1. The maximum Gasteiger partial charge on any atom is 0.0577 e. The van der Waals surface area contributed by atoms with Crippen molar-refractivity contribution in [2.24, 2.45) is 46.3 Å². The van der Waals surface area contributed by atoms with Crippen molar-refractivity contribution >= 4 is 0 Å². The predicted molar refractivity (Wildman–Crippen MR) is 119 cm³/mol. The molecular formula is C27H46O. The lowest BCUT2D eigenvalue weighted by atomic mass is 9.47. The van der Waals surface area contributed by atoms with Crippen LogP contribution in [0, 0.1) is 46.3 Å². The highest BCUT2D eigenvalue weighted by Crippen LogP contribution is 2.67. The molecule has 4 aliphatic rings. The van der Waals surface area contributed by atoms with E-state index < -0.39 is 0 Å². The molecule has 0 spiro atoms.